The normalized spacial score (nSPS) is 15.1. The number of nitrogens with zero attached hydrogens (tertiary/aromatic N) is 5. The number of amides is 2. The number of halogens is 3. The number of anilines is 2. The number of carbonyl (C=O) groups excluding carboxylic acids is 2. The quantitative estimate of drug-likeness (QED) is 0.234. The molecule has 0 bridgehead atoms. The van der Waals surface area contributed by atoms with Gasteiger partial charge in [-0.1, -0.05) is 30.0 Å². The average molecular weight is 685 g/mol. The van der Waals surface area contributed by atoms with Gasteiger partial charge in [0.25, 0.3) is 5.91 Å². The predicted molar refractivity (Wildman–Crippen MR) is 186 cm³/mol. The number of piperazine rings is 1. The summed E-state index contributed by atoms with van der Waals surface area (Å²) in [5.41, 5.74) is 4.24. The van der Waals surface area contributed by atoms with Crippen LogP contribution >= 0.6 is 0 Å². The minimum absolute atomic E-state index is 0.0529. The first-order chi connectivity index (χ1) is 24.0. The lowest BCUT2D eigenvalue weighted by molar-refractivity contribution is -0.138. The van der Waals surface area contributed by atoms with Crippen molar-refractivity contribution in [3.63, 3.8) is 0 Å². The first kappa shape index (κ1) is 34.7. The van der Waals surface area contributed by atoms with Crippen LogP contribution in [0.25, 0.3) is 11.4 Å². The van der Waals surface area contributed by atoms with Crippen LogP contribution in [0.3, 0.4) is 0 Å². The summed E-state index contributed by atoms with van der Waals surface area (Å²) in [4.78, 5) is 38.8. The molecule has 0 atom stereocenters. The fraction of sp³-hybridized carbons (Fsp3) is 0.351. The van der Waals surface area contributed by atoms with Gasteiger partial charge in [0.2, 0.25) is 11.9 Å². The zero-order chi connectivity index (χ0) is 35.4. The highest BCUT2D eigenvalue weighted by molar-refractivity contribution is 5.98. The Kier molecular flexibility index (Phi) is 10.2. The van der Waals surface area contributed by atoms with E-state index < -0.39 is 17.6 Å². The maximum atomic E-state index is 14.1. The maximum absolute atomic E-state index is 14.1. The molecule has 260 valence electrons. The molecule has 3 N–H and O–H groups in total. The monoisotopic (exact) mass is 684 g/mol. The number of fused-ring (bicyclic) bond motifs is 1. The summed E-state index contributed by atoms with van der Waals surface area (Å²) in [5, 5.41) is 8.64. The Balaban J connectivity index is 1.19. The minimum Gasteiger partial charge on any atom is -0.354 e. The van der Waals surface area contributed by atoms with Gasteiger partial charge in [-0.05, 0) is 55.4 Å². The summed E-state index contributed by atoms with van der Waals surface area (Å²) in [6.07, 6.45) is -2.26. The maximum Gasteiger partial charge on any atom is 0.416 e. The van der Waals surface area contributed by atoms with Crippen LogP contribution in [-0.4, -0.2) is 82.5 Å². The molecule has 0 saturated carbocycles. The molecule has 10 nitrogen and oxygen atoms in total. The molecule has 0 radical (unpaired) electrons. The molecule has 2 aromatic carbocycles. The lowest BCUT2D eigenvalue weighted by Crippen LogP contribution is -2.44. The van der Waals surface area contributed by atoms with Crippen LogP contribution in [-0.2, 0) is 37.4 Å². The first-order valence-electron chi connectivity index (χ1n) is 16.6. The van der Waals surface area contributed by atoms with Crippen molar-refractivity contribution < 1.29 is 22.8 Å². The molecular weight excluding hydrogens is 645 g/mol. The fourth-order valence-electron chi connectivity index (χ4n) is 6.26. The van der Waals surface area contributed by atoms with Gasteiger partial charge in [-0.15, -0.1) is 0 Å². The van der Waals surface area contributed by atoms with Crippen molar-refractivity contribution in [1.82, 2.24) is 29.7 Å². The molecule has 2 aliphatic heterocycles. The number of alkyl halides is 3. The molecule has 4 aromatic rings. The molecule has 50 heavy (non-hydrogen) atoms. The molecular formula is C37H39F3N8O2. The van der Waals surface area contributed by atoms with Gasteiger partial charge in [0.1, 0.15) is 5.69 Å². The third-order valence-corrected chi connectivity index (χ3v) is 8.94. The van der Waals surface area contributed by atoms with Crippen LogP contribution < -0.4 is 16.0 Å². The van der Waals surface area contributed by atoms with Gasteiger partial charge in [-0.3, -0.25) is 14.5 Å². The largest absolute Gasteiger partial charge is 0.416 e. The summed E-state index contributed by atoms with van der Waals surface area (Å²) >= 11 is 0. The molecule has 13 heteroatoms. The van der Waals surface area contributed by atoms with Crippen LogP contribution in [0, 0.1) is 11.8 Å². The number of benzene rings is 2. The lowest BCUT2D eigenvalue weighted by atomic mass is 10.0. The Morgan fingerprint density at radius 1 is 1.04 bits per heavy atom. The number of rotatable bonds is 8. The van der Waals surface area contributed by atoms with Crippen molar-refractivity contribution in [2.45, 2.75) is 32.5 Å². The highest BCUT2D eigenvalue weighted by Gasteiger charge is 2.34. The Labute approximate surface area is 289 Å². The Bertz CT molecular complexity index is 1970. The van der Waals surface area contributed by atoms with E-state index in [-0.39, 0.29) is 30.1 Å². The minimum atomic E-state index is -4.55. The zero-order valence-electron chi connectivity index (χ0n) is 28.2. The molecule has 2 aromatic heterocycles. The number of nitrogens with one attached hydrogen (secondary N) is 3. The van der Waals surface area contributed by atoms with E-state index in [9.17, 15) is 22.8 Å². The summed E-state index contributed by atoms with van der Waals surface area (Å²) < 4.78 is 44.1. The van der Waals surface area contributed by atoms with Crippen molar-refractivity contribution in [2.24, 2.45) is 7.05 Å². The number of likely N-dealkylation sites (N-methyl/N-ethyl adjacent to an activating group) is 1. The van der Waals surface area contributed by atoms with Crippen molar-refractivity contribution in [1.29, 1.82) is 0 Å². The third-order valence-electron chi connectivity index (χ3n) is 8.94. The first-order valence-corrected chi connectivity index (χ1v) is 16.6. The zero-order valence-corrected chi connectivity index (χ0v) is 28.2. The molecule has 2 amide bonds. The van der Waals surface area contributed by atoms with Gasteiger partial charge < -0.3 is 25.4 Å². The van der Waals surface area contributed by atoms with Crippen LogP contribution in [0.2, 0.25) is 0 Å². The summed E-state index contributed by atoms with van der Waals surface area (Å²) in [6, 6.07) is 12.9. The van der Waals surface area contributed by atoms with Crippen LogP contribution in [0.1, 0.15) is 50.8 Å². The topological polar surface area (TPSA) is 107 Å². The molecule has 4 heterocycles. The molecule has 0 spiro atoms. The highest BCUT2D eigenvalue weighted by atomic mass is 19.4. The second-order valence-corrected chi connectivity index (χ2v) is 12.6. The van der Waals surface area contributed by atoms with E-state index in [1.807, 2.05) is 42.6 Å². The molecule has 0 unspecified atom stereocenters. The van der Waals surface area contributed by atoms with Gasteiger partial charge in [0, 0.05) is 82.4 Å². The molecule has 1 fully saturated rings. The SMILES string of the molecule is CCNc1ncc(C#Cc2cccc(CC(=O)Nc3ccc(CN4CCN(C)CC4)c(C(F)(F)F)c3)c2)c(-c2cc3c(n2C)CCNC3=O)n1. The number of carbonyl (C=O) groups is 2. The van der Waals surface area contributed by atoms with Gasteiger partial charge >= 0.3 is 6.18 Å². The highest BCUT2D eigenvalue weighted by Crippen LogP contribution is 2.35. The third kappa shape index (κ3) is 7.98. The van der Waals surface area contributed by atoms with E-state index in [2.05, 4.69) is 37.7 Å². The van der Waals surface area contributed by atoms with E-state index in [1.165, 1.54) is 12.1 Å². The average Bonchev–Trinajstić information content (AvgIpc) is 3.42. The fourth-order valence-corrected chi connectivity index (χ4v) is 6.26. The molecule has 2 aliphatic rings. The van der Waals surface area contributed by atoms with Gasteiger partial charge in [0.15, 0.2) is 0 Å². The lowest BCUT2D eigenvalue weighted by Gasteiger charge is -2.33. The number of aromatic nitrogens is 3. The standard InChI is InChI=1S/C37H39F3N8O2/c1-4-41-36-43-22-26(34(45-36)32-21-29-31(47(32)3)12-13-42-35(29)50)9-8-24-6-5-7-25(18-24)19-33(49)44-28-11-10-27(30(20-28)37(38,39)40)23-48-16-14-46(2)15-17-48/h5-7,10-11,18,20-22H,4,12-17,19,23H2,1-3H3,(H,42,50)(H,44,49)(H,41,43,45). The van der Waals surface area contributed by atoms with Crippen molar-refractivity contribution in [3.05, 3.63) is 93.8 Å². The van der Waals surface area contributed by atoms with Gasteiger partial charge in [-0.25, -0.2) is 9.97 Å². The van der Waals surface area contributed by atoms with E-state index in [0.717, 1.165) is 30.5 Å². The van der Waals surface area contributed by atoms with Gasteiger partial charge in [-0.2, -0.15) is 13.2 Å². The second kappa shape index (κ2) is 14.7. The summed E-state index contributed by atoms with van der Waals surface area (Å²) in [7, 11) is 3.90. The predicted octanol–water partition coefficient (Wildman–Crippen LogP) is 4.55. The van der Waals surface area contributed by atoms with E-state index in [4.69, 9.17) is 4.98 Å². The van der Waals surface area contributed by atoms with E-state index >= 15 is 0 Å². The second-order valence-electron chi connectivity index (χ2n) is 12.6. The van der Waals surface area contributed by atoms with Crippen molar-refractivity contribution >= 4 is 23.5 Å². The molecule has 0 aliphatic carbocycles. The Morgan fingerprint density at radius 2 is 1.84 bits per heavy atom. The van der Waals surface area contributed by atoms with Gasteiger partial charge in [0.05, 0.1) is 28.8 Å². The van der Waals surface area contributed by atoms with Crippen molar-refractivity contribution in [3.8, 4) is 23.2 Å². The van der Waals surface area contributed by atoms with Crippen molar-refractivity contribution in [2.75, 3.05) is 56.9 Å². The molecule has 1 saturated heterocycles. The Morgan fingerprint density at radius 3 is 2.58 bits per heavy atom. The van der Waals surface area contributed by atoms with E-state index in [0.29, 0.717) is 66.5 Å². The van der Waals surface area contributed by atoms with Crippen LogP contribution in [0.4, 0.5) is 24.8 Å². The smallest absolute Gasteiger partial charge is 0.354 e. The summed E-state index contributed by atoms with van der Waals surface area (Å²) in [5.74, 6) is 6.18. The Hall–Kier alpha value is -5.19. The number of hydrogen-bond donors (Lipinski definition) is 3. The molecule has 6 rings (SSSR count). The van der Waals surface area contributed by atoms with Crippen LogP contribution in [0.15, 0.2) is 54.7 Å². The summed E-state index contributed by atoms with van der Waals surface area (Å²) in [6.45, 7) is 6.33. The number of hydrogen-bond acceptors (Lipinski definition) is 7. The van der Waals surface area contributed by atoms with E-state index in [1.54, 1.807) is 24.4 Å². The van der Waals surface area contributed by atoms with Crippen LogP contribution in [0.5, 0.6) is 0 Å².